The summed E-state index contributed by atoms with van der Waals surface area (Å²) in [6.45, 7) is 5.43. The zero-order valence-corrected chi connectivity index (χ0v) is 12.9. The lowest BCUT2D eigenvalue weighted by atomic mass is 9.96. The molecule has 2 atom stereocenters. The zero-order valence-electron chi connectivity index (χ0n) is 12.9. The minimum Gasteiger partial charge on any atom is -0.368 e. The third kappa shape index (κ3) is 4.16. The third-order valence-corrected chi connectivity index (χ3v) is 4.41. The van der Waals surface area contributed by atoms with Gasteiger partial charge in [0.05, 0.1) is 5.54 Å². The molecule has 0 aliphatic heterocycles. The number of amides is 1. The summed E-state index contributed by atoms with van der Waals surface area (Å²) < 4.78 is 0. The van der Waals surface area contributed by atoms with Crippen molar-refractivity contribution in [2.75, 3.05) is 40.8 Å². The number of rotatable bonds is 8. The van der Waals surface area contributed by atoms with E-state index >= 15 is 0 Å². The first kappa shape index (κ1) is 16.4. The molecular formula is C14H30N4O. The van der Waals surface area contributed by atoms with Crippen LogP contribution in [0.25, 0.3) is 0 Å². The Bertz CT molecular complexity index is 295. The summed E-state index contributed by atoms with van der Waals surface area (Å²) in [5.41, 5.74) is 5.07. The average molecular weight is 270 g/mol. The molecule has 0 bridgehead atoms. The number of carbonyl (C=O) groups is 1. The largest absolute Gasteiger partial charge is 0.368 e. The van der Waals surface area contributed by atoms with Gasteiger partial charge in [-0.1, -0.05) is 6.92 Å². The molecule has 0 saturated heterocycles. The maximum atomic E-state index is 11.6. The summed E-state index contributed by atoms with van der Waals surface area (Å²) in [7, 11) is 6.05. The van der Waals surface area contributed by atoms with Gasteiger partial charge in [0, 0.05) is 6.04 Å². The summed E-state index contributed by atoms with van der Waals surface area (Å²) in [6, 6.07) is 0.479. The molecular weight excluding hydrogens is 240 g/mol. The van der Waals surface area contributed by atoms with Gasteiger partial charge in [-0.15, -0.1) is 0 Å². The number of hydrogen-bond donors (Lipinski definition) is 2. The van der Waals surface area contributed by atoms with Crippen molar-refractivity contribution >= 4 is 5.91 Å². The predicted molar refractivity (Wildman–Crippen MR) is 79.0 cm³/mol. The van der Waals surface area contributed by atoms with Crippen molar-refractivity contribution in [3.63, 3.8) is 0 Å². The molecule has 0 aromatic carbocycles. The molecule has 1 saturated carbocycles. The van der Waals surface area contributed by atoms with Gasteiger partial charge >= 0.3 is 0 Å². The first-order chi connectivity index (χ1) is 8.95. The van der Waals surface area contributed by atoms with Gasteiger partial charge in [0.2, 0.25) is 5.91 Å². The van der Waals surface area contributed by atoms with Crippen molar-refractivity contribution in [3.05, 3.63) is 0 Å². The highest BCUT2D eigenvalue weighted by atomic mass is 16.1. The Morgan fingerprint density at radius 1 is 1.42 bits per heavy atom. The van der Waals surface area contributed by atoms with E-state index in [0.29, 0.717) is 6.04 Å². The van der Waals surface area contributed by atoms with Crippen LogP contribution in [0.3, 0.4) is 0 Å². The lowest BCUT2D eigenvalue weighted by Gasteiger charge is -2.30. The topological polar surface area (TPSA) is 61.6 Å². The van der Waals surface area contributed by atoms with Crippen LogP contribution in [0.4, 0.5) is 0 Å². The fraction of sp³-hybridized carbons (Fsp3) is 0.929. The Balaban J connectivity index is 2.52. The molecule has 1 fully saturated rings. The second kappa shape index (κ2) is 7.22. The van der Waals surface area contributed by atoms with Crippen LogP contribution < -0.4 is 11.1 Å². The fourth-order valence-electron chi connectivity index (χ4n) is 3.09. The van der Waals surface area contributed by atoms with Crippen LogP contribution in [0.2, 0.25) is 0 Å². The second-order valence-corrected chi connectivity index (χ2v) is 5.88. The smallest absolute Gasteiger partial charge is 0.237 e. The molecule has 19 heavy (non-hydrogen) atoms. The van der Waals surface area contributed by atoms with Crippen LogP contribution in [-0.4, -0.2) is 68.1 Å². The van der Waals surface area contributed by atoms with Crippen molar-refractivity contribution in [1.82, 2.24) is 15.1 Å². The highest BCUT2D eigenvalue weighted by Gasteiger charge is 2.44. The van der Waals surface area contributed by atoms with Gasteiger partial charge in [-0.05, 0) is 66.5 Å². The van der Waals surface area contributed by atoms with E-state index in [0.717, 1.165) is 38.9 Å². The second-order valence-electron chi connectivity index (χ2n) is 5.88. The normalized spacial score (nSPS) is 27.4. The first-order valence-electron chi connectivity index (χ1n) is 7.32. The van der Waals surface area contributed by atoms with Crippen LogP contribution in [-0.2, 0) is 4.79 Å². The molecule has 3 N–H and O–H groups in total. The van der Waals surface area contributed by atoms with Crippen LogP contribution in [0.5, 0.6) is 0 Å². The lowest BCUT2D eigenvalue weighted by molar-refractivity contribution is -0.124. The van der Waals surface area contributed by atoms with E-state index in [1.165, 1.54) is 6.42 Å². The van der Waals surface area contributed by atoms with Gasteiger partial charge in [0.1, 0.15) is 0 Å². The SMILES string of the molecule is CCN(CCCN(C)C)C1CCC(NC)(C(N)=O)C1. The molecule has 1 aliphatic carbocycles. The maximum Gasteiger partial charge on any atom is 0.237 e. The van der Waals surface area contributed by atoms with E-state index in [2.05, 4.69) is 36.1 Å². The summed E-state index contributed by atoms with van der Waals surface area (Å²) in [5.74, 6) is -0.207. The summed E-state index contributed by atoms with van der Waals surface area (Å²) in [4.78, 5) is 16.4. The number of carbonyl (C=O) groups excluding carboxylic acids is 1. The molecule has 2 unspecified atom stereocenters. The van der Waals surface area contributed by atoms with Crippen molar-refractivity contribution in [1.29, 1.82) is 0 Å². The van der Waals surface area contributed by atoms with Crippen LogP contribution in [0.15, 0.2) is 0 Å². The number of primary amides is 1. The quantitative estimate of drug-likeness (QED) is 0.664. The summed E-state index contributed by atoms with van der Waals surface area (Å²) in [6.07, 6.45) is 3.92. The lowest BCUT2D eigenvalue weighted by Crippen LogP contribution is -2.53. The van der Waals surface area contributed by atoms with Gasteiger partial charge < -0.3 is 20.9 Å². The molecule has 0 spiro atoms. The molecule has 1 amide bonds. The minimum atomic E-state index is -0.486. The standard InChI is InChI=1S/C14H30N4O/c1-5-18(10-6-9-17(3)4)12-7-8-14(11-12,16-2)13(15)19/h12,16H,5-11H2,1-4H3,(H2,15,19). The van der Waals surface area contributed by atoms with Crippen molar-refractivity contribution in [3.8, 4) is 0 Å². The fourth-order valence-corrected chi connectivity index (χ4v) is 3.09. The molecule has 112 valence electrons. The number of hydrogen-bond acceptors (Lipinski definition) is 4. The van der Waals surface area contributed by atoms with Crippen molar-refractivity contribution in [2.24, 2.45) is 5.73 Å². The molecule has 5 nitrogen and oxygen atoms in total. The van der Waals surface area contributed by atoms with E-state index in [1.807, 2.05) is 7.05 Å². The third-order valence-electron chi connectivity index (χ3n) is 4.41. The monoisotopic (exact) mass is 270 g/mol. The van der Waals surface area contributed by atoms with Crippen LogP contribution >= 0.6 is 0 Å². The van der Waals surface area contributed by atoms with E-state index in [1.54, 1.807) is 0 Å². The molecule has 1 aliphatic rings. The molecule has 0 radical (unpaired) electrons. The highest BCUT2D eigenvalue weighted by Crippen LogP contribution is 2.32. The van der Waals surface area contributed by atoms with Gasteiger partial charge in [0.25, 0.3) is 0 Å². The van der Waals surface area contributed by atoms with Gasteiger partial charge in [-0.2, -0.15) is 0 Å². The van der Waals surface area contributed by atoms with Gasteiger partial charge in [-0.3, -0.25) is 4.79 Å². The highest BCUT2D eigenvalue weighted by molar-refractivity contribution is 5.85. The average Bonchev–Trinajstić information content (AvgIpc) is 2.80. The number of likely N-dealkylation sites (N-methyl/N-ethyl adjacent to an activating group) is 1. The summed E-state index contributed by atoms with van der Waals surface area (Å²) >= 11 is 0. The predicted octanol–water partition coefficient (Wildman–Crippen LogP) is 0.256. The van der Waals surface area contributed by atoms with E-state index in [-0.39, 0.29) is 5.91 Å². The molecule has 5 heteroatoms. The Labute approximate surface area is 117 Å². The van der Waals surface area contributed by atoms with Gasteiger partial charge in [-0.25, -0.2) is 0 Å². The van der Waals surface area contributed by atoms with Crippen molar-refractivity contribution in [2.45, 2.75) is 44.2 Å². The van der Waals surface area contributed by atoms with Crippen molar-refractivity contribution < 1.29 is 4.79 Å². The number of nitrogens with zero attached hydrogens (tertiary/aromatic N) is 2. The summed E-state index contributed by atoms with van der Waals surface area (Å²) in [5, 5.41) is 3.15. The van der Waals surface area contributed by atoms with E-state index in [4.69, 9.17) is 5.73 Å². The zero-order chi connectivity index (χ0) is 14.5. The van der Waals surface area contributed by atoms with Crippen LogP contribution in [0, 0.1) is 0 Å². The molecule has 0 aromatic heterocycles. The minimum absolute atomic E-state index is 0.207. The number of nitrogens with one attached hydrogen (secondary N) is 1. The molecule has 1 rings (SSSR count). The molecule has 0 aromatic rings. The maximum absolute atomic E-state index is 11.6. The Morgan fingerprint density at radius 3 is 2.53 bits per heavy atom. The first-order valence-corrected chi connectivity index (χ1v) is 7.32. The van der Waals surface area contributed by atoms with E-state index in [9.17, 15) is 4.79 Å². The number of nitrogens with two attached hydrogens (primary N) is 1. The van der Waals surface area contributed by atoms with Gasteiger partial charge in [0.15, 0.2) is 0 Å². The Kier molecular flexibility index (Phi) is 6.23. The molecule has 0 heterocycles. The van der Waals surface area contributed by atoms with E-state index < -0.39 is 5.54 Å². The van der Waals surface area contributed by atoms with Crippen LogP contribution in [0.1, 0.15) is 32.6 Å². The Hall–Kier alpha value is -0.650. The Morgan fingerprint density at radius 2 is 2.11 bits per heavy atom.